The number of hydrogen-bond acceptors (Lipinski definition) is 4. The first-order valence-electron chi connectivity index (χ1n) is 5.24. The number of aliphatic hydroxyl groups is 2. The summed E-state index contributed by atoms with van der Waals surface area (Å²) in [6.45, 7) is 0. The molecule has 0 aliphatic carbocycles. The van der Waals surface area contributed by atoms with Crippen molar-refractivity contribution < 1.29 is 15.3 Å². The molecule has 3 N–H and O–H groups in total. The largest absolute Gasteiger partial charge is 0.505 e. The molecule has 1 heterocycles. The first-order chi connectivity index (χ1) is 8.56. The summed E-state index contributed by atoms with van der Waals surface area (Å²) < 4.78 is 0. The second-order valence-electron chi connectivity index (χ2n) is 3.86. The second kappa shape index (κ2) is 5.28. The number of halogens is 2. The van der Waals surface area contributed by atoms with E-state index in [0.29, 0.717) is 10.4 Å². The van der Waals surface area contributed by atoms with Crippen LogP contribution in [0.5, 0.6) is 5.75 Å². The molecule has 1 aromatic carbocycles. The smallest absolute Gasteiger partial charge is 0.147 e. The van der Waals surface area contributed by atoms with Gasteiger partial charge in [0.1, 0.15) is 17.4 Å². The van der Waals surface area contributed by atoms with E-state index in [0.717, 1.165) is 0 Å². The number of pyridine rings is 1. The van der Waals surface area contributed by atoms with Crippen molar-refractivity contribution in [1.82, 2.24) is 4.98 Å². The summed E-state index contributed by atoms with van der Waals surface area (Å²) in [7, 11) is 0. The number of aliphatic hydroxyl groups excluding tert-OH is 2. The molecule has 0 saturated heterocycles. The van der Waals surface area contributed by atoms with Gasteiger partial charge in [-0.2, -0.15) is 0 Å². The zero-order valence-corrected chi connectivity index (χ0v) is 10.7. The molecular formula is C12H11Cl2NO3. The molecule has 1 aromatic heterocycles. The number of phenols is 1. The van der Waals surface area contributed by atoms with Crippen molar-refractivity contribution in [3.8, 4) is 5.75 Å². The van der Waals surface area contributed by atoms with E-state index >= 15 is 0 Å². The molecule has 0 amide bonds. The molecule has 96 valence electrons. The van der Waals surface area contributed by atoms with Gasteiger partial charge < -0.3 is 15.3 Å². The lowest BCUT2D eigenvalue weighted by atomic mass is 10.0. The predicted octanol–water partition coefficient (Wildman–Crippen LogP) is 2.23. The van der Waals surface area contributed by atoms with Crippen LogP contribution in [-0.4, -0.2) is 32.3 Å². The minimum atomic E-state index is -1.31. The molecule has 2 rings (SSSR count). The van der Waals surface area contributed by atoms with Crippen LogP contribution < -0.4 is 0 Å². The maximum Gasteiger partial charge on any atom is 0.147 e. The Morgan fingerprint density at radius 3 is 2.72 bits per heavy atom. The number of aromatic hydroxyl groups is 1. The highest BCUT2D eigenvalue weighted by atomic mass is 35.5. The number of hydrogen-bond donors (Lipinski definition) is 3. The van der Waals surface area contributed by atoms with Crippen molar-refractivity contribution in [3.63, 3.8) is 0 Å². The summed E-state index contributed by atoms with van der Waals surface area (Å²) in [4.78, 5) is 4.01. The fraction of sp³-hybridized carbons (Fsp3) is 0.250. The Morgan fingerprint density at radius 2 is 2.06 bits per heavy atom. The molecule has 2 unspecified atom stereocenters. The Bertz CT molecular complexity index is 576. The number of nitrogens with zero attached hydrogens (tertiary/aromatic N) is 1. The fourth-order valence-corrected chi connectivity index (χ4v) is 2.16. The number of benzene rings is 1. The van der Waals surface area contributed by atoms with E-state index in [1.54, 1.807) is 12.1 Å². The summed E-state index contributed by atoms with van der Waals surface area (Å²) in [5.41, 5.74) is 0.389. The highest BCUT2D eigenvalue weighted by Gasteiger charge is 2.23. The van der Waals surface area contributed by atoms with Crippen molar-refractivity contribution in [2.75, 3.05) is 5.88 Å². The van der Waals surface area contributed by atoms with Crippen molar-refractivity contribution in [3.05, 3.63) is 35.0 Å². The van der Waals surface area contributed by atoms with Gasteiger partial charge in [-0.3, -0.25) is 4.98 Å². The van der Waals surface area contributed by atoms with Gasteiger partial charge in [-0.1, -0.05) is 11.6 Å². The summed E-state index contributed by atoms with van der Waals surface area (Å²) in [6.07, 6.45) is -0.992. The van der Waals surface area contributed by atoms with Crippen LogP contribution in [0.1, 0.15) is 11.7 Å². The zero-order valence-electron chi connectivity index (χ0n) is 9.22. The van der Waals surface area contributed by atoms with E-state index in [1.807, 2.05) is 0 Å². The summed E-state index contributed by atoms with van der Waals surface area (Å²) in [5, 5.41) is 30.4. The fourth-order valence-electron chi connectivity index (χ4n) is 1.72. The predicted molar refractivity (Wildman–Crippen MR) is 70.1 cm³/mol. The average molecular weight is 288 g/mol. The standard InChI is InChI=1S/C12H11Cl2NO3/c13-5-9(16)11(17)7-4-8(14)6-2-1-3-15-10(6)12(7)18/h1-4,9,11,16-18H,5H2. The molecule has 4 nitrogen and oxygen atoms in total. The van der Waals surface area contributed by atoms with E-state index in [1.165, 1.54) is 12.3 Å². The quantitative estimate of drug-likeness (QED) is 0.757. The summed E-state index contributed by atoms with van der Waals surface area (Å²) in [6, 6.07) is 4.80. The molecule has 0 radical (unpaired) electrons. The lowest BCUT2D eigenvalue weighted by Gasteiger charge is -2.18. The normalized spacial score (nSPS) is 14.7. The van der Waals surface area contributed by atoms with Crippen molar-refractivity contribution >= 4 is 34.1 Å². The Labute approximate surface area is 113 Å². The third kappa shape index (κ3) is 2.24. The van der Waals surface area contributed by atoms with Gasteiger partial charge in [-0.25, -0.2) is 0 Å². The lowest BCUT2D eigenvalue weighted by Crippen LogP contribution is -2.19. The van der Waals surface area contributed by atoms with Gasteiger partial charge in [0.2, 0.25) is 0 Å². The SMILES string of the molecule is Oc1c(C(O)C(O)CCl)cc(Cl)c2cccnc12. The second-order valence-corrected chi connectivity index (χ2v) is 4.58. The van der Waals surface area contributed by atoms with E-state index in [2.05, 4.69) is 4.98 Å². The molecule has 6 heteroatoms. The molecule has 0 saturated carbocycles. The van der Waals surface area contributed by atoms with Crippen LogP contribution in [0.3, 0.4) is 0 Å². The third-order valence-electron chi connectivity index (χ3n) is 2.69. The zero-order chi connectivity index (χ0) is 13.3. The van der Waals surface area contributed by atoms with Crippen LogP contribution in [-0.2, 0) is 0 Å². The Hall–Kier alpha value is -1.07. The maximum absolute atomic E-state index is 10.1. The number of phenolic OH excluding ortho intramolecular Hbond substituents is 1. The van der Waals surface area contributed by atoms with Gasteiger partial charge >= 0.3 is 0 Å². The molecule has 2 atom stereocenters. The molecular weight excluding hydrogens is 277 g/mol. The monoisotopic (exact) mass is 287 g/mol. The van der Waals surface area contributed by atoms with E-state index in [4.69, 9.17) is 23.2 Å². The minimum Gasteiger partial charge on any atom is -0.505 e. The highest BCUT2D eigenvalue weighted by Crippen LogP contribution is 2.37. The van der Waals surface area contributed by atoms with E-state index < -0.39 is 12.2 Å². The van der Waals surface area contributed by atoms with Crippen molar-refractivity contribution in [2.45, 2.75) is 12.2 Å². The minimum absolute atomic E-state index is 0.111. The van der Waals surface area contributed by atoms with Gasteiger partial charge in [-0.05, 0) is 18.2 Å². The summed E-state index contributed by atoms with van der Waals surface area (Å²) in [5.74, 6) is -0.356. The molecule has 2 aromatic rings. The van der Waals surface area contributed by atoms with Crippen LogP contribution >= 0.6 is 23.2 Å². The van der Waals surface area contributed by atoms with Crippen molar-refractivity contribution in [1.29, 1.82) is 0 Å². The Kier molecular flexibility index (Phi) is 3.92. The maximum atomic E-state index is 10.1. The molecule has 0 aliphatic rings. The summed E-state index contributed by atoms with van der Waals surface area (Å²) >= 11 is 11.5. The number of fused-ring (bicyclic) bond motifs is 1. The topological polar surface area (TPSA) is 73.6 Å². The van der Waals surface area contributed by atoms with Gasteiger partial charge in [-0.15, -0.1) is 11.6 Å². The van der Waals surface area contributed by atoms with Crippen LogP contribution in [0.4, 0.5) is 0 Å². The van der Waals surface area contributed by atoms with Crippen LogP contribution in [0.25, 0.3) is 10.9 Å². The Balaban J connectivity index is 2.63. The third-order valence-corrected chi connectivity index (χ3v) is 3.32. The van der Waals surface area contributed by atoms with Gasteiger partial charge in [0.15, 0.2) is 0 Å². The van der Waals surface area contributed by atoms with Gasteiger partial charge in [0.05, 0.1) is 17.0 Å². The van der Waals surface area contributed by atoms with Crippen LogP contribution in [0.15, 0.2) is 24.4 Å². The van der Waals surface area contributed by atoms with Crippen molar-refractivity contribution in [2.24, 2.45) is 0 Å². The molecule has 0 bridgehead atoms. The number of aromatic nitrogens is 1. The first-order valence-corrected chi connectivity index (χ1v) is 6.15. The number of rotatable bonds is 3. The molecule has 0 fully saturated rings. The highest BCUT2D eigenvalue weighted by molar-refractivity contribution is 6.35. The van der Waals surface area contributed by atoms with E-state index in [-0.39, 0.29) is 22.7 Å². The Morgan fingerprint density at radius 1 is 1.33 bits per heavy atom. The van der Waals surface area contributed by atoms with Crippen LogP contribution in [0, 0.1) is 0 Å². The molecule has 0 spiro atoms. The number of alkyl halides is 1. The first kappa shape index (κ1) is 13.4. The van der Waals surface area contributed by atoms with E-state index in [9.17, 15) is 15.3 Å². The lowest BCUT2D eigenvalue weighted by molar-refractivity contribution is 0.0314. The van der Waals surface area contributed by atoms with Gasteiger partial charge in [0.25, 0.3) is 0 Å². The average Bonchev–Trinajstić information content (AvgIpc) is 2.41. The molecule has 0 aliphatic heterocycles. The molecule has 18 heavy (non-hydrogen) atoms. The van der Waals surface area contributed by atoms with Gasteiger partial charge in [0, 0.05) is 17.1 Å². The van der Waals surface area contributed by atoms with Crippen LogP contribution in [0.2, 0.25) is 5.02 Å².